The van der Waals surface area contributed by atoms with Gasteiger partial charge in [0.1, 0.15) is 6.54 Å². The number of hydrogen-bond acceptors (Lipinski definition) is 5. The molecular weight excluding hydrogens is 314 g/mol. The number of nitrogens with zero attached hydrogens (tertiary/aromatic N) is 2. The molecule has 1 saturated heterocycles. The maximum absolute atomic E-state index is 12.0. The Hall–Kier alpha value is -3.29. The average molecular weight is 329 g/mol. The van der Waals surface area contributed by atoms with Crippen LogP contribution in [0.25, 0.3) is 0 Å². The maximum atomic E-state index is 12.0. The van der Waals surface area contributed by atoms with Crippen LogP contribution in [0.15, 0.2) is 36.9 Å². The number of benzene rings is 1. The Balaban J connectivity index is 2.03. The van der Waals surface area contributed by atoms with Crippen LogP contribution in [0.1, 0.15) is 17.3 Å². The number of amides is 5. The van der Waals surface area contributed by atoms with E-state index < -0.39 is 30.3 Å². The zero-order valence-electron chi connectivity index (χ0n) is 12.9. The van der Waals surface area contributed by atoms with Crippen LogP contribution in [0, 0.1) is 0 Å². The van der Waals surface area contributed by atoms with E-state index in [1.165, 1.54) is 25.1 Å². The van der Waals surface area contributed by atoms with E-state index in [9.17, 15) is 24.0 Å². The molecule has 0 saturated carbocycles. The van der Waals surface area contributed by atoms with E-state index in [2.05, 4.69) is 11.9 Å². The Kier molecular flexibility index (Phi) is 4.88. The maximum Gasteiger partial charge on any atom is 0.335 e. The second kappa shape index (κ2) is 6.86. The molecule has 1 fully saturated rings. The Bertz CT molecular complexity index is 739. The van der Waals surface area contributed by atoms with Crippen LogP contribution in [-0.4, -0.2) is 52.4 Å². The molecule has 1 N–H and O–H groups in total. The van der Waals surface area contributed by atoms with Crippen LogP contribution >= 0.6 is 0 Å². The zero-order valence-corrected chi connectivity index (χ0v) is 12.9. The predicted molar refractivity (Wildman–Crippen MR) is 84.1 cm³/mol. The molecule has 0 aromatic heterocycles. The minimum Gasteiger partial charge on any atom is -0.325 e. The van der Waals surface area contributed by atoms with Crippen LogP contribution < -0.4 is 5.32 Å². The number of carbonyl (C=O) groups is 5. The lowest BCUT2D eigenvalue weighted by molar-refractivity contribution is -0.143. The highest BCUT2D eigenvalue weighted by Gasteiger charge is 2.44. The Labute approximate surface area is 137 Å². The van der Waals surface area contributed by atoms with Gasteiger partial charge in [0.2, 0.25) is 5.91 Å². The van der Waals surface area contributed by atoms with E-state index in [4.69, 9.17) is 0 Å². The summed E-state index contributed by atoms with van der Waals surface area (Å²) in [4.78, 5) is 59.8. The number of ketones is 1. The first-order valence-corrected chi connectivity index (χ1v) is 7.04. The van der Waals surface area contributed by atoms with E-state index in [1.807, 2.05) is 0 Å². The van der Waals surface area contributed by atoms with Crippen LogP contribution in [0.5, 0.6) is 0 Å². The number of imide groups is 2. The van der Waals surface area contributed by atoms with Crippen LogP contribution in [-0.2, 0) is 14.4 Å². The summed E-state index contributed by atoms with van der Waals surface area (Å²) in [6, 6.07) is 5.28. The van der Waals surface area contributed by atoms with Gasteiger partial charge >= 0.3 is 17.8 Å². The summed E-state index contributed by atoms with van der Waals surface area (Å²) in [6.45, 7) is 4.14. The van der Waals surface area contributed by atoms with Crippen molar-refractivity contribution in [2.45, 2.75) is 6.92 Å². The minimum atomic E-state index is -1.05. The highest BCUT2D eigenvalue weighted by Crippen LogP contribution is 2.13. The monoisotopic (exact) mass is 329 g/mol. The van der Waals surface area contributed by atoms with Gasteiger partial charge in [0.05, 0.1) is 0 Å². The predicted octanol–water partition coefficient (Wildman–Crippen LogP) is 0.804. The van der Waals surface area contributed by atoms with Crippen LogP contribution in [0.3, 0.4) is 0 Å². The molecule has 8 heteroatoms. The first kappa shape index (κ1) is 17.1. The third kappa shape index (κ3) is 3.37. The quantitative estimate of drug-likeness (QED) is 0.360. The van der Waals surface area contributed by atoms with Crippen LogP contribution in [0.4, 0.5) is 10.5 Å². The molecule has 8 nitrogen and oxygen atoms in total. The number of rotatable bonds is 6. The molecule has 2 rings (SSSR count). The van der Waals surface area contributed by atoms with E-state index in [0.717, 1.165) is 0 Å². The van der Waals surface area contributed by atoms with Gasteiger partial charge in [-0.15, -0.1) is 6.58 Å². The fourth-order valence-corrected chi connectivity index (χ4v) is 2.11. The van der Waals surface area contributed by atoms with Gasteiger partial charge in [-0.25, -0.2) is 9.69 Å². The highest BCUT2D eigenvalue weighted by atomic mass is 16.2. The van der Waals surface area contributed by atoms with Crippen molar-refractivity contribution in [1.29, 1.82) is 0 Å². The van der Waals surface area contributed by atoms with Crippen molar-refractivity contribution in [1.82, 2.24) is 9.80 Å². The summed E-state index contributed by atoms with van der Waals surface area (Å²) < 4.78 is 0. The van der Waals surface area contributed by atoms with Crippen molar-refractivity contribution < 1.29 is 24.0 Å². The number of hydrogen-bond donors (Lipinski definition) is 1. The average Bonchev–Trinajstić information content (AvgIpc) is 2.73. The largest absolute Gasteiger partial charge is 0.335 e. The number of nitrogens with one attached hydrogen (secondary N) is 1. The molecule has 0 unspecified atom stereocenters. The van der Waals surface area contributed by atoms with E-state index in [0.29, 0.717) is 21.1 Å². The highest BCUT2D eigenvalue weighted by molar-refractivity contribution is 6.45. The SMILES string of the molecule is C=CCN1C(=O)C(=O)N(CC(=O)Nc2ccc(C(C)=O)cc2)C1=O. The van der Waals surface area contributed by atoms with Gasteiger partial charge < -0.3 is 5.32 Å². The summed E-state index contributed by atoms with van der Waals surface area (Å²) in [6.07, 6.45) is 1.31. The molecule has 0 aliphatic carbocycles. The second-order valence-electron chi connectivity index (χ2n) is 5.06. The summed E-state index contributed by atoms with van der Waals surface area (Å²) >= 11 is 0. The van der Waals surface area contributed by atoms with Gasteiger partial charge in [0, 0.05) is 17.8 Å². The number of urea groups is 1. The lowest BCUT2D eigenvalue weighted by Crippen LogP contribution is -2.39. The topological polar surface area (TPSA) is 104 Å². The first-order valence-electron chi connectivity index (χ1n) is 7.04. The van der Waals surface area contributed by atoms with E-state index >= 15 is 0 Å². The lowest BCUT2D eigenvalue weighted by atomic mass is 10.1. The number of anilines is 1. The molecule has 124 valence electrons. The van der Waals surface area contributed by atoms with Gasteiger partial charge in [0.15, 0.2) is 5.78 Å². The summed E-state index contributed by atoms with van der Waals surface area (Å²) in [7, 11) is 0. The van der Waals surface area contributed by atoms with Gasteiger partial charge in [-0.2, -0.15) is 0 Å². The van der Waals surface area contributed by atoms with Crippen molar-refractivity contribution in [2.24, 2.45) is 0 Å². The van der Waals surface area contributed by atoms with Crippen molar-refractivity contribution in [3.63, 3.8) is 0 Å². The van der Waals surface area contributed by atoms with Crippen LogP contribution in [0.2, 0.25) is 0 Å². The molecule has 1 aromatic rings. The van der Waals surface area contributed by atoms with E-state index in [-0.39, 0.29) is 12.3 Å². The molecule has 5 amide bonds. The third-order valence-electron chi connectivity index (χ3n) is 3.32. The number of carbonyl (C=O) groups excluding carboxylic acids is 5. The van der Waals surface area contributed by atoms with Crippen molar-refractivity contribution in [2.75, 3.05) is 18.4 Å². The van der Waals surface area contributed by atoms with E-state index in [1.54, 1.807) is 12.1 Å². The molecule has 24 heavy (non-hydrogen) atoms. The molecule has 1 aliphatic rings. The fraction of sp³-hybridized carbons (Fsp3) is 0.188. The standard InChI is InChI=1S/C16H15N3O5/c1-3-8-18-14(22)15(23)19(16(18)24)9-13(21)17-12-6-4-11(5-7-12)10(2)20/h3-7H,1,8-9H2,2H3,(H,17,21). The fourth-order valence-electron chi connectivity index (χ4n) is 2.11. The van der Waals surface area contributed by atoms with Crippen molar-refractivity contribution >= 4 is 35.2 Å². The van der Waals surface area contributed by atoms with Gasteiger partial charge in [0.25, 0.3) is 0 Å². The third-order valence-corrected chi connectivity index (χ3v) is 3.32. The molecule has 0 atom stereocenters. The normalized spacial score (nSPS) is 14.1. The Morgan fingerprint density at radius 3 is 2.21 bits per heavy atom. The Morgan fingerprint density at radius 1 is 1.08 bits per heavy atom. The molecule has 0 radical (unpaired) electrons. The van der Waals surface area contributed by atoms with Crippen molar-refractivity contribution in [3.05, 3.63) is 42.5 Å². The molecule has 0 bridgehead atoms. The smallest absolute Gasteiger partial charge is 0.325 e. The zero-order chi connectivity index (χ0) is 17.9. The molecule has 1 aromatic carbocycles. The lowest BCUT2D eigenvalue weighted by Gasteiger charge is -2.14. The Morgan fingerprint density at radius 2 is 1.67 bits per heavy atom. The second-order valence-corrected chi connectivity index (χ2v) is 5.06. The van der Waals surface area contributed by atoms with Gasteiger partial charge in [-0.05, 0) is 31.2 Å². The molecular formula is C16H15N3O5. The van der Waals surface area contributed by atoms with Gasteiger partial charge in [-0.1, -0.05) is 6.08 Å². The van der Waals surface area contributed by atoms with Crippen molar-refractivity contribution in [3.8, 4) is 0 Å². The summed E-state index contributed by atoms with van der Waals surface area (Å²) in [5.74, 6) is -2.79. The molecule has 1 aliphatic heterocycles. The van der Waals surface area contributed by atoms with Gasteiger partial charge in [-0.3, -0.25) is 24.1 Å². The summed E-state index contributed by atoms with van der Waals surface area (Å²) in [5, 5.41) is 2.49. The molecule has 0 spiro atoms. The molecule has 1 heterocycles. The number of Topliss-reactive ketones (excluding diaryl/α,β-unsaturated/α-hetero) is 1. The first-order chi connectivity index (χ1) is 11.3. The minimum absolute atomic E-state index is 0.103. The summed E-state index contributed by atoms with van der Waals surface area (Å²) in [5.41, 5.74) is 0.891.